The summed E-state index contributed by atoms with van der Waals surface area (Å²) in [4.78, 5) is 18.6. The number of primary sulfonamides is 1. The average molecular weight is 997 g/mol. The van der Waals surface area contributed by atoms with Crippen molar-refractivity contribution in [2.45, 2.75) is 203 Å². The van der Waals surface area contributed by atoms with Crippen LogP contribution in [0.4, 0.5) is 0 Å². The Labute approximate surface area is 410 Å². The average Bonchev–Trinajstić information content (AvgIpc) is 3.74. The van der Waals surface area contributed by atoms with Crippen LogP contribution in [-0.2, 0) is 57.9 Å². The molecule has 1 unspecified atom stereocenters. The lowest BCUT2D eigenvalue weighted by Crippen LogP contribution is -2.62. The highest BCUT2D eigenvalue weighted by molar-refractivity contribution is 7.89. The minimum atomic E-state index is -3.78. The molecule has 0 bridgehead atoms. The lowest BCUT2D eigenvalue weighted by molar-refractivity contribution is -0.302. The summed E-state index contributed by atoms with van der Waals surface area (Å²) in [5.41, 5.74) is -2.81. The zero-order valence-electron chi connectivity index (χ0n) is 43.1. The molecule has 3 fully saturated rings. The van der Waals surface area contributed by atoms with Crippen molar-refractivity contribution in [3.63, 3.8) is 0 Å². The molecule has 394 valence electrons. The second-order valence-corrected chi connectivity index (χ2v) is 23.0. The highest BCUT2D eigenvalue weighted by Crippen LogP contribution is 2.45. The number of carbonyl (C=O) groups excluding carboxylic acids is 1. The van der Waals surface area contributed by atoms with E-state index in [0.717, 1.165) is 11.3 Å². The van der Waals surface area contributed by atoms with Crippen LogP contribution in [0.1, 0.15) is 106 Å². The van der Waals surface area contributed by atoms with Crippen LogP contribution in [0.5, 0.6) is 0 Å². The third-order valence-electron chi connectivity index (χ3n) is 15.7. The molecule has 1 aromatic heterocycles. The molecule has 0 aliphatic carbocycles. The van der Waals surface area contributed by atoms with Crippen LogP contribution in [0.3, 0.4) is 0 Å². The van der Waals surface area contributed by atoms with Crippen LogP contribution in [0.15, 0.2) is 35.4 Å². The Morgan fingerprint density at radius 3 is 2.23 bits per heavy atom. The van der Waals surface area contributed by atoms with E-state index in [2.05, 4.69) is 10.3 Å². The first-order chi connectivity index (χ1) is 32.0. The molecule has 7 N–H and O–H groups in total. The van der Waals surface area contributed by atoms with Gasteiger partial charge in [0, 0.05) is 63.8 Å². The molecule has 69 heavy (non-hydrogen) atoms. The normalized spacial score (nSPS) is 40.5. The topological polar surface area (TPSA) is 262 Å². The van der Waals surface area contributed by atoms with Crippen molar-refractivity contribution in [3.05, 3.63) is 41.7 Å². The molecular formula is C49H84N6O13S. The monoisotopic (exact) mass is 997 g/mol. The number of benzene rings is 1. The summed E-state index contributed by atoms with van der Waals surface area (Å²) in [6, 6.07) is 5.42. The maximum atomic E-state index is 14.6. The molecular weight excluding hydrogens is 913 g/mol. The molecule has 3 saturated heterocycles. The van der Waals surface area contributed by atoms with Crippen LogP contribution in [-0.4, -0.2) is 183 Å². The predicted molar refractivity (Wildman–Crippen MR) is 257 cm³/mol. The minimum absolute atomic E-state index is 0.0515. The first-order valence-electron chi connectivity index (χ1n) is 24.7. The molecule has 19 nitrogen and oxygen atoms in total. The molecule has 4 heterocycles. The number of nitrogens with two attached hydrogens (primary N) is 1. The van der Waals surface area contributed by atoms with Crippen LogP contribution >= 0.6 is 0 Å². The number of cyclic esters (lactones) is 1. The number of likely N-dealkylation sites (N-methyl/N-ethyl adjacent to an activating group) is 2. The van der Waals surface area contributed by atoms with Gasteiger partial charge in [0.05, 0.1) is 52.1 Å². The number of rotatable bonds is 13. The Hall–Kier alpha value is -2.70. The predicted octanol–water partition coefficient (Wildman–Crippen LogP) is 2.27. The summed E-state index contributed by atoms with van der Waals surface area (Å²) < 4.78 is 57.1. The fourth-order valence-electron chi connectivity index (χ4n) is 11.3. The van der Waals surface area contributed by atoms with E-state index in [9.17, 15) is 38.7 Å². The lowest BCUT2D eigenvalue weighted by Gasteiger charge is -2.51. The van der Waals surface area contributed by atoms with Gasteiger partial charge in [0.2, 0.25) is 10.0 Å². The second-order valence-electron chi connectivity index (χ2n) is 21.4. The quantitative estimate of drug-likeness (QED) is 0.157. The highest BCUT2D eigenvalue weighted by atomic mass is 32.2. The van der Waals surface area contributed by atoms with Gasteiger partial charge >= 0.3 is 5.97 Å². The van der Waals surface area contributed by atoms with Gasteiger partial charge in [-0.1, -0.05) is 45.0 Å². The van der Waals surface area contributed by atoms with Gasteiger partial charge in [0.1, 0.15) is 30.0 Å². The third-order valence-corrected chi connectivity index (χ3v) is 16.6. The number of ether oxygens (including phenoxy) is 5. The molecule has 0 saturated carbocycles. The molecule has 2 aromatic rings. The van der Waals surface area contributed by atoms with Gasteiger partial charge in [-0.3, -0.25) is 9.48 Å². The largest absolute Gasteiger partial charge is 0.459 e. The van der Waals surface area contributed by atoms with E-state index in [-0.39, 0.29) is 36.2 Å². The zero-order valence-corrected chi connectivity index (χ0v) is 44.0. The number of hydrogen-bond acceptors (Lipinski definition) is 17. The Balaban J connectivity index is 1.43. The van der Waals surface area contributed by atoms with E-state index in [1.165, 1.54) is 26.2 Å². The van der Waals surface area contributed by atoms with Crippen LogP contribution in [0.2, 0.25) is 0 Å². The third kappa shape index (κ3) is 13.5. The van der Waals surface area contributed by atoms with Crippen LogP contribution in [0.25, 0.3) is 0 Å². The Bertz CT molecular complexity index is 2080. The van der Waals surface area contributed by atoms with E-state index in [0.29, 0.717) is 38.9 Å². The van der Waals surface area contributed by atoms with Crippen molar-refractivity contribution in [1.29, 1.82) is 0 Å². The Kier molecular flexibility index (Phi) is 19.1. The van der Waals surface area contributed by atoms with Crippen molar-refractivity contribution in [1.82, 2.24) is 24.8 Å². The molecule has 3 aliphatic heterocycles. The van der Waals surface area contributed by atoms with E-state index in [1.54, 1.807) is 58.4 Å². The first-order valence-corrected chi connectivity index (χ1v) is 26.2. The van der Waals surface area contributed by atoms with Gasteiger partial charge in [0.25, 0.3) is 0 Å². The van der Waals surface area contributed by atoms with Gasteiger partial charge in [-0.2, -0.15) is 0 Å². The number of aliphatic hydroxyl groups is 5. The number of nitrogens with zero attached hydrogens (tertiary/aromatic N) is 5. The van der Waals surface area contributed by atoms with Crippen molar-refractivity contribution in [2.24, 2.45) is 28.8 Å². The highest BCUT2D eigenvalue weighted by Gasteiger charge is 2.55. The summed E-state index contributed by atoms with van der Waals surface area (Å²) in [6.07, 6.45) is -4.50. The maximum Gasteiger partial charge on any atom is 0.309 e. The smallest absolute Gasteiger partial charge is 0.309 e. The molecule has 20 heteroatoms. The fraction of sp³-hybridized carbons (Fsp3) is 0.816. The number of aliphatic hydroxyl groups excluding tert-OH is 3. The SMILES string of the molecule is CC[C@H]1OC(=O)[C@H](C)[C@@H](C2C[C@@](C)(OC)[C@@H](O)[C@H](C)O2)[C@H](C)[C@@H](O[C@@H]2O[C@H](C)C[C@H](N(C)CCc3cn(CCc4ccc(S(N)(=O)=O)cc4)nn3)[C@H]2O)[C@](C)(O)C[C@@H](C)CN(C)[C@H](C)[C@@H](O)[C@]1(C)O. The van der Waals surface area contributed by atoms with Crippen molar-refractivity contribution in [2.75, 3.05) is 34.3 Å². The van der Waals surface area contributed by atoms with Gasteiger partial charge in [-0.25, -0.2) is 13.6 Å². The molecule has 3 aliphatic rings. The molecule has 18 atom stereocenters. The van der Waals surface area contributed by atoms with Gasteiger partial charge in [-0.05, 0) is 111 Å². The van der Waals surface area contributed by atoms with E-state index >= 15 is 0 Å². The first kappa shape index (κ1) is 57.2. The molecule has 0 spiro atoms. The zero-order chi connectivity index (χ0) is 51.6. The van der Waals surface area contributed by atoms with Gasteiger partial charge < -0.3 is 59.0 Å². The maximum absolute atomic E-state index is 14.6. The summed E-state index contributed by atoms with van der Waals surface area (Å²) in [7, 11) is 1.51. The van der Waals surface area contributed by atoms with Crippen LogP contribution in [0, 0.1) is 23.7 Å². The summed E-state index contributed by atoms with van der Waals surface area (Å²) in [6.45, 7) is 19.3. The standard InChI is InChI=1S/C49H84N6O13S/c1-14-39-49(10,61)42(57)32(6)54(12)26-28(2)24-47(8,60)44(30(4)40(31(5)45(59)67-39)38-25-48(9,64-13)43(58)33(7)66-38)68-46-41(56)37(23-29(3)65-46)53(11)21-20-35-27-55(52-51-35)22-19-34-15-17-36(18-16-34)69(50,62)63/h15-18,27-33,37-44,46,56-58,60-61H,14,19-26H2,1-13H3,(H2,50,62,63)/t28-,29-,30+,31-,32-,33+,37+,38?,39-,40+,41-,42-,43+,44-,46+,47-,48-,49-/m1/s1. The number of carbonyl (C=O) groups is 1. The van der Waals surface area contributed by atoms with Crippen molar-refractivity contribution < 1.29 is 62.4 Å². The Morgan fingerprint density at radius 2 is 1.62 bits per heavy atom. The minimum Gasteiger partial charge on any atom is -0.459 e. The van der Waals surface area contributed by atoms with Gasteiger partial charge in [-0.15, -0.1) is 5.10 Å². The fourth-order valence-corrected chi connectivity index (χ4v) is 11.8. The number of esters is 1. The summed E-state index contributed by atoms with van der Waals surface area (Å²) in [5, 5.41) is 73.9. The molecule has 1 aromatic carbocycles. The lowest BCUT2D eigenvalue weighted by atomic mass is 9.68. The molecule has 0 radical (unpaired) electrons. The Morgan fingerprint density at radius 1 is 0.971 bits per heavy atom. The number of hydrogen-bond donors (Lipinski definition) is 6. The van der Waals surface area contributed by atoms with Gasteiger partial charge in [0.15, 0.2) is 6.29 Å². The summed E-state index contributed by atoms with van der Waals surface area (Å²) >= 11 is 0. The number of methoxy groups -OCH3 is 1. The second kappa shape index (κ2) is 23.0. The van der Waals surface area contributed by atoms with E-state index in [1.807, 2.05) is 50.9 Å². The van der Waals surface area contributed by atoms with Crippen molar-refractivity contribution in [3.8, 4) is 0 Å². The van der Waals surface area contributed by atoms with E-state index in [4.69, 9.17) is 28.8 Å². The number of sulfonamides is 1. The molecule has 5 rings (SSSR count). The number of aryl methyl sites for hydroxylation is 2. The summed E-state index contributed by atoms with van der Waals surface area (Å²) in [5.74, 6) is -3.19. The number of aromatic nitrogens is 3. The van der Waals surface area contributed by atoms with Crippen molar-refractivity contribution >= 4 is 16.0 Å². The van der Waals surface area contributed by atoms with E-state index < -0.39 is 112 Å². The molecule has 0 amide bonds. The van der Waals surface area contributed by atoms with Crippen LogP contribution < -0.4 is 5.14 Å².